The number of aryl methyl sites for hydroxylation is 1. The first-order valence-electron chi connectivity index (χ1n) is 8.48. The molecule has 6 heteroatoms. The summed E-state index contributed by atoms with van der Waals surface area (Å²) in [4.78, 5) is 21.0. The second kappa shape index (κ2) is 9.13. The maximum absolute atomic E-state index is 12.5. The summed E-state index contributed by atoms with van der Waals surface area (Å²) < 4.78 is 4.99. The summed E-state index contributed by atoms with van der Waals surface area (Å²) in [5, 5.41) is 6.12. The predicted octanol–water partition coefficient (Wildman–Crippen LogP) is 3.61. The zero-order valence-electron chi connectivity index (χ0n) is 15.3. The lowest BCUT2D eigenvalue weighted by Gasteiger charge is -2.16. The topological polar surface area (TPSA) is 76.1 Å². The van der Waals surface area contributed by atoms with Gasteiger partial charge in [-0.15, -0.1) is 0 Å². The molecule has 6 nitrogen and oxygen atoms in total. The second-order valence-corrected chi connectivity index (χ2v) is 6.21. The third kappa shape index (κ3) is 5.26. The first-order chi connectivity index (χ1) is 12.0. The van der Waals surface area contributed by atoms with Gasteiger partial charge in [0, 0.05) is 25.9 Å². The molecule has 0 fully saturated rings. The summed E-state index contributed by atoms with van der Waals surface area (Å²) >= 11 is 0. The molecule has 1 aromatic carbocycles. The molecule has 0 saturated carbocycles. The van der Waals surface area contributed by atoms with Gasteiger partial charge in [-0.25, -0.2) is 9.97 Å². The molecule has 2 aromatic rings. The summed E-state index contributed by atoms with van der Waals surface area (Å²) in [5.74, 6) is 0.709. The molecule has 0 radical (unpaired) electrons. The zero-order chi connectivity index (χ0) is 18.2. The lowest BCUT2D eigenvalue weighted by Crippen LogP contribution is -2.17. The van der Waals surface area contributed by atoms with Crippen molar-refractivity contribution in [3.63, 3.8) is 0 Å². The second-order valence-electron chi connectivity index (χ2n) is 6.21. The van der Waals surface area contributed by atoms with Gasteiger partial charge in [0.1, 0.15) is 11.5 Å². The number of benzene rings is 1. The van der Waals surface area contributed by atoms with Crippen LogP contribution in [0, 0.1) is 6.92 Å². The number of carbonyl (C=O) groups is 1. The molecular formula is C19H26N4O2. The number of nitrogens with zero attached hydrogens (tertiary/aromatic N) is 2. The smallest absolute Gasteiger partial charge is 0.275 e. The number of methoxy groups -OCH3 is 1. The Kier molecular flexibility index (Phi) is 6.89. The molecule has 0 unspecified atom stereocenters. The van der Waals surface area contributed by atoms with Crippen molar-refractivity contribution in [2.24, 2.45) is 0 Å². The van der Waals surface area contributed by atoms with Gasteiger partial charge in [0.2, 0.25) is 0 Å². The van der Waals surface area contributed by atoms with Crippen LogP contribution in [0.4, 0.5) is 11.5 Å². The number of ether oxygens (including phenoxy) is 1. The van der Waals surface area contributed by atoms with Crippen molar-refractivity contribution < 1.29 is 9.53 Å². The van der Waals surface area contributed by atoms with Gasteiger partial charge < -0.3 is 15.4 Å². The maximum Gasteiger partial charge on any atom is 0.275 e. The first kappa shape index (κ1) is 18.9. The number of rotatable bonds is 8. The lowest BCUT2D eigenvalue weighted by molar-refractivity contribution is 0.102. The fourth-order valence-electron chi connectivity index (χ4n) is 2.49. The number of para-hydroxylation sites is 1. The van der Waals surface area contributed by atoms with Gasteiger partial charge in [-0.2, -0.15) is 0 Å². The van der Waals surface area contributed by atoms with E-state index in [0.29, 0.717) is 24.0 Å². The first-order valence-corrected chi connectivity index (χ1v) is 8.48. The quantitative estimate of drug-likeness (QED) is 0.717. The van der Waals surface area contributed by atoms with Crippen LogP contribution in [0.3, 0.4) is 0 Å². The van der Waals surface area contributed by atoms with Crippen molar-refractivity contribution in [2.45, 2.75) is 33.1 Å². The zero-order valence-corrected chi connectivity index (χ0v) is 15.3. The van der Waals surface area contributed by atoms with Crippen molar-refractivity contribution >= 4 is 17.4 Å². The highest BCUT2D eigenvalue weighted by Gasteiger charge is 2.14. The van der Waals surface area contributed by atoms with Crippen LogP contribution in [0.5, 0.6) is 0 Å². The molecule has 134 valence electrons. The van der Waals surface area contributed by atoms with Gasteiger partial charge in [-0.3, -0.25) is 4.79 Å². The minimum absolute atomic E-state index is 0.255. The number of carbonyl (C=O) groups excluding carboxylic acids is 1. The van der Waals surface area contributed by atoms with Gasteiger partial charge >= 0.3 is 0 Å². The van der Waals surface area contributed by atoms with E-state index in [1.807, 2.05) is 25.1 Å². The van der Waals surface area contributed by atoms with Crippen LogP contribution < -0.4 is 10.6 Å². The molecular weight excluding hydrogens is 316 g/mol. The van der Waals surface area contributed by atoms with Crippen LogP contribution in [0.1, 0.15) is 47.8 Å². The van der Waals surface area contributed by atoms with E-state index in [1.165, 1.54) is 6.20 Å². The summed E-state index contributed by atoms with van der Waals surface area (Å²) in [7, 11) is 1.67. The molecule has 0 bridgehead atoms. The Balaban J connectivity index is 2.04. The van der Waals surface area contributed by atoms with Crippen molar-refractivity contribution in [1.82, 2.24) is 9.97 Å². The summed E-state index contributed by atoms with van der Waals surface area (Å²) in [6.45, 7) is 7.63. The minimum Gasteiger partial charge on any atom is -0.385 e. The van der Waals surface area contributed by atoms with Crippen LogP contribution in [0.25, 0.3) is 0 Å². The SMILES string of the molecule is COCCCNc1cnc(C(=O)Nc2c(C)cccc2C(C)C)cn1. The van der Waals surface area contributed by atoms with E-state index in [4.69, 9.17) is 4.74 Å². The van der Waals surface area contributed by atoms with Gasteiger partial charge in [0.05, 0.1) is 12.4 Å². The largest absolute Gasteiger partial charge is 0.385 e. The number of hydrogen-bond acceptors (Lipinski definition) is 5. The van der Waals surface area contributed by atoms with Crippen LogP contribution in [-0.2, 0) is 4.74 Å². The molecule has 2 rings (SSSR count). The molecule has 0 atom stereocenters. The fraction of sp³-hybridized carbons (Fsp3) is 0.421. The van der Waals surface area contributed by atoms with E-state index in [0.717, 1.165) is 29.8 Å². The van der Waals surface area contributed by atoms with E-state index in [-0.39, 0.29) is 5.91 Å². The Morgan fingerprint density at radius 1 is 1.24 bits per heavy atom. The van der Waals surface area contributed by atoms with E-state index in [9.17, 15) is 4.79 Å². The Labute approximate surface area is 149 Å². The molecule has 0 aliphatic rings. The Bertz CT molecular complexity index is 699. The van der Waals surface area contributed by atoms with Gasteiger partial charge in [-0.1, -0.05) is 32.0 Å². The lowest BCUT2D eigenvalue weighted by atomic mass is 9.98. The highest BCUT2D eigenvalue weighted by molar-refractivity contribution is 6.03. The molecule has 1 amide bonds. The maximum atomic E-state index is 12.5. The average Bonchev–Trinajstić information content (AvgIpc) is 2.60. The highest BCUT2D eigenvalue weighted by Crippen LogP contribution is 2.27. The highest BCUT2D eigenvalue weighted by atomic mass is 16.5. The van der Waals surface area contributed by atoms with E-state index >= 15 is 0 Å². The summed E-state index contributed by atoms with van der Waals surface area (Å²) in [5.41, 5.74) is 3.29. The Morgan fingerprint density at radius 3 is 2.68 bits per heavy atom. The minimum atomic E-state index is -0.255. The van der Waals surface area contributed by atoms with Gasteiger partial charge in [0.15, 0.2) is 0 Å². The van der Waals surface area contributed by atoms with E-state index in [2.05, 4.69) is 34.4 Å². The molecule has 0 aliphatic carbocycles. The molecule has 0 saturated heterocycles. The molecule has 25 heavy (non-hydrogen) atoms. The molecule has 2 N–H and O–H groups in total. The number of amides is 1. The number of anilines is 2. The normalized spacial score (nSPS) is 10.8. The molecule has 0 spiro atoms. The van der Waals surface area contributed by atoms with Crippen molar-refractivity contribution in [3.05, 3.63) is 47.4 Å². The Morgan fingerprint density at radius 2 is 2.04 bits per heavy atom. The van der Waals surface area contributed by atoms with Gasteiger partial charge in [-0.05, 0) is 30.4 Å². The fourth-order valence-corrected chi connectivity index (χ4v) is 2.49. The van der Waals surface area contributed by atoms with Crippen LogP contribution in [0.15, 0.2) is 30.6 Å². The van der Waals surface area contributed by atoms with Crippen LogP contribution >= 0.6 is 0 Å². The number of hydrogen-bond donors (Lipinski definition) is 2. The molecule has 1 heterocycles. The van der Waals surface area contributed by atoms with Gasteiger partial charge in [0.25, 0.3) is 5.91 Å². The third-order valence-corrected chi connectivity index (χ3v) is 3.88. The van der Waals surface area contributed by atoms with E-state index < -0.39 is 0 Å². The number of nitrogens with one attached hydrogen (secondary N) is 2. The number of aromatic nitrogens is 2. The third-order valence-electron chi connectivity index (χ3n) is 3.88. The average molecular weight is 342 g/mol. The monoisotopic (exact) mass is 342 g/mol. The van der Waals surface area contributed by atoms with Crippen molar-refractivity contribution in [3.8, 4) is 0 Å². The summed E-state index contributed by atoms with van der Waals surface area (Å²) in [6, 6.07) is 6.02. The van der Waals surface area contributed by atoms with Crippen molar-refractivity contribution in [2.75, 3.05) is 30.9 Å². The molecule has 0 aliphatic heterocycles. The van der Waals surface area contributed by atoms with Crippen LogP contribution in [-0.4, -0.2) is 36.1 Å². The Hall–Kier alpha value is -2.47. The van der Waals surface area contributed by atoms with E-state index in [1.54, 1.807) is 13.3 Å². The van der Waals surface area contributed by atoms with Crippen LogP contribution in [0.2, 0.25) is 0 Å². The standard InChI is InChI=1S/C19H26N4O2/c1-13(2)15-8-5-7-14(3)18(15)23-19(24)16-11-22-17(12-21-16)20-9-6-10-25-4/h5,7-8,11-13H,6,9-10H2,1-4H3,(H,20,22)(H,23,24). The molecule has 1 aromatic heterocycles. The predicted molar refractivity (Wildman–Crippen MR) is 100 cm³/mol. The summed E-state index contributed by atoms with van der Waals surface area (Å²) in [6.07, 6.45) is 3.94. The van der Waals surface area contributed by atoms with Crippen molar-refractivity contribution in [1.29, 1.82) is 0 Å².